The van der Waals surface area contributed by atoms with Crippen molar-refractivity contribution in [3.05, 3.63) is 29.8 Å². The van der Waals surface area contributed by atoms with Gasteiger partial charge in [0.25, 0.3) is 6.47 Å². The van der Waals surface area contributed by atoms with Crippen molar-refractivity contribution < 1.29 is 24.2 Å². The van der Waals surface area contributed by atoms with Crippen molar-refractivity contribution in [1.29, 1.82) is 0 Å². The zero-order chi connectivity index (χ0) is 21.1. The lowest BCUT2D eigenvalue weighted by atomic mass is 10.1. The molecule has 29 heavy (non-hydrogen) atoms. The molecule has 160 valence electrons. The number of hydrogen-bond acceptors (Lipinski definition) is 5. The number of carbonyl (C=O) groups is 3. The Morgan fingerprint density at radius 1 is 1.28 bits per heavy atom. The van der Waals surface area contributed by atoms with E-state index >= 15 is 0 Å². The fourth-order valence-corrected chi connectivity index (χ4v) is 3.67. The highest BCUT2D eigenvalue weighted by atomic mass is 16.5. The maximum atomic E-state index is 12.6. The van der Waals surface area contributed by atoms with Crippen LogP contribution in [-0.2, 0) is 20.8 Å². The van der Waals surface area contributed by atoms with Gasteiger partial charge in [-0.3, -0.25) is 19.3 Å². The van der Waals surface area contributed by atoms with Crippen LogP contribution in [0.15, 0.2) is 24.3 Å². The van der Waals surface area contributed by atoms with Crippen molar-refractivity contribution in [2.24, 2.45) is 5.92 Å². The second-order valence-corrected chi connectivity index (χ2v) is 7.14. The van der Waals surface area contributed by atoms with E-state index in [2.05, 4.69) is 23.2 Å². The molecule has 0 aromatic heterocycles. The summed E-state index contributed by atoms with van der Waals surface area (Å²) in [5.41, 5.74) is 1.24. The minimum absolute atomic E-state index is 0.00990. The number of rotatable bonds is 6. The minimum Gasteiger partial charge on any atom is -0.492 e. The number of nitrogens with zero attached hydrogens (tertiary/aromatic N) is 2. The average molecular weight is 405 g/mol. The summed E-state index contributed by atoms with van der Waals surface area (Å²) in [5.74, 6) is 0.908. The molecule has 2 amide bonds. The molecule has 2 heterocycles. The number of benzene rings is 1. The number of aryl methyl sites for hydroxylation is 1. The Kier molecular flexibility index (Phi) is 9.43. The highest BCUT2D eigenvalue weighted by molar-refractivity contribution is 5.89. The first-order valence-electron chi connectivity index (χ1n) is 10.1. The molecule has 0 spiro atoms. The van der Waals surface area contributed by atoms with Crippen LogP contribution in [0.5, 0.6) is 5.75 Å². The average Bonchev–Trinajstić information content (AvgIpc) is 3.02. The van der Waals surface area contributed by atoms with Gasteiger partial charge in [0.05, 0.1) is 5.92 Å². The first-order valence-corrected chi connectivity index (χ1v) is 10.1. The maximum Gasteiger partial charge on any atom is 0.290 e. The quantitative estimate of drug-likeness (QED) is 0.685. The van der Waals surface area contributed by atoms with Crippen LogP contribution in [0.4, 0.5) is 0 Å². The fourth-order valence-electron chi connectivity index (χ4n) is 3.67. The van der Waals surface area contributed by atoms with Crippen molar-refractivity contribution >= 4 is 18.3 Å². The van der Waals surface area contributed by atoms with E-state index in [0.717, 1.165) is 51.3 Å². The SMILES string of the molecule is CCc1ccccc1OCCN1CCCN(C(=O)C2CNC(=O)C2)CC1.O=CO. The van der Waals surface area contributed by atoms with E-state index in [1.165, 1.54) is 5.56 Å². The second kappa shape index (κ2) is 12.1. The van der Waals surface area contributed by atoms with Crippen LogP contribution in [0.25, 0.3) is 0 Å². The predicted molar refractivity (Wildman–Crippen MR) is 109 cm³/mol. The number of carboxylic acid groups (broad SMARTS) is 1. The van der Waals surface area contributed by atoms with E-state index in [1.54, 1.807) is 0 Å². The van der Waals surface area contributed by atoms with Gasteiger partial charge in [0, 0.05) is 45.7 Å². The third kappa shape index (κ3) is 7.05. The van der Waals surface area contributed by atoms with Gasteiger partial charge in [-0.15, -0.1) is 0 Å². The van der Waals surface area contributed by atoms with E-state index in [-0.39, 0.29) is 24.2 Å². The second-order valence-electron chi connectivity index (χ2n) is 7.14. The molecule has 0 saturated carbocycles. The third-order valence-electron chi connectivity index (χ3n) is 5.25. The van der Waals surface area contributed by atoms with E-state index in [9.17, 15) is 9.59 Å². The van der Waals surface area contributed by atoms with Crippen LogP contribution in [0.1, 0.15) is 25.3 Å². The standard InChI is InChI=1S/C20H29N3O3.CH2O2/c1-2-16-6-3-4-7-18(16)26-13-12-22-8-5-9-23(11-10-22)20(25)17-14-19(24)21-15-17;2-1-3/h3-4,6-7,17H,2,5,8-15H2,1H3,(H,21,24);1H,(H,2,3). The molecular weight excluding hydrogens is 374 g/mol. The maximum absolute atomic E-state index is 12.6. The monoisotopic (exact) mass is 405 g/mol. The Bertz CT molecular complexity index is 682. The molecule has 0 bridgehead atoms. The molecule has 0 aliphatic carbocycles. The molecule has 3 rings (SSSR count). The minimum atomic E-state index is -0.250. The third-order valence-corrected chi connectivity index (χ3v) is 5.25. The number of carbonyl (C=O) groups excluding carboxylic acids is 2. The Balaban J connectivity index is 0.000000941. The summed E-state index contributed by atoms with van der Waals surface area (Å²) >= 11 is 0. The zero-order valence-corrected chi connectivity index (χ0v) is 17.0. The lowest BCUT2D eigenvalue weighted by molar-refractivity contribution is -0.135. The van der Waals surface area contributed by atoms with Crippen molar-refractivity contribution in [3.8, 4) is 5.75 Å². The van der Waals surface area contributed by atoms with Gasteiger partial charge in [0.1, 0.15) is 12.4 Å². The number of ether oxygens (including phenoxy) is 1. The molecule has 2 fully saturated rings. The summed E-state index contributed by atoms with van der Waals surface area (Å²) in [4.78, 5) is 36.6. The van der Waals surface area contributed by atoms with Crippen molar-refractivity contribution in [1.82, 2.24) is 15.1 Å². The highest BCUT2D eigenvalue weighted by Gasteiger charge is 2.31. The van der Waals surface area contributed by atoms with Gasteiger partial charge in [-0.05, 0) is 24.5 Å². The van der Waals surface area contributed by atoms with Gasteiger partial charge in [-0.25, -0.2) is 0 Å². The topological polar surface area (TPSA) is 99.2 Å². The predicted octanol–water partition coefficient (Wildman–Crippen LogP) is 0.999. The Morgan fingerprint density at radius 2 is 2.03 bits per heavy atom. The number of nitrogens with one attached hydrogen (secondary N) is 1. The molecule has 2 N–H and O–H groups in total. The van der Waals surface area contributed by atoms with Crippen LogP contribution in [0.2, 0.25) is 0 Å². The van der Waals surface area contributed by atoms with E-state index in [0.29, 0.717) is 19.6 Å². The summed E-state index contributed by atoms with van der Waals surface area (Å²) in [6.45, 7) is 7.24. The molecule has 2 saturated heterocycles. The summed E-state index contributed by atoms with van der Waals surface area (Å²) in [5, 5.41) is 9.64. The number of para-hydroxylation sites is 1. The van der Waals surface area contributed by atoms with Gasteiger partial charge >= 0.3 is 0 Å². The van der Waals surface area contributed by atoms with Crippen molar-refractivity contribution in [3.63, 3.8) is 0 Å². The Morgan fingerprint density at radius 3 is 2.72 bits per heavy atom. The molecule has 2 aliphatic rings. The molecular formula is C21H31N3O5. The summed E-state index contributed by atoms with van der Waals surface area (Å²) in [6.07, 6.45) is 2.27. The van der Waals surface area contributed by atoms with Crippen molar-refractivity contribution in [2.45, 2.75) is 26.2 Å². The lowest BCUT2D eigenvalue weighted by Crippen LogP contribution is -2.40. The Labute approximate surface area is 171 Å². The lowest BCUT2D eigenvalue weighted by Gasteiger charge is -2.24. The van der Waals surface area contributed by atoms with E-state index in [4.69, 9.17) is 14.6 Å². The molecule has 2 aliphatic heterocycles. The molecule has 1 atom stereocenters. The normalized spacial score (nSPS) is 19.6. The van der Waals surface area contributed by atoms with Crippen LogP contribution < -0.4 is 10.1 Å². The number of amides is 2. The Hall–Kier alpha value is -2.61. The largest absolute Gasteiger partial charge is 0.492 e. The summed E-state index contributed by atoms with van der Waals surface area (Å²) in [6, 6.07) is 8.18. The van der Waals surface area contributed by atoms with Crippen LogP contribution in [0.3, 0.4) is 0 Å². The molecule has 1 aromatic rings. The van der Waals surface area contributed by atoms with Gasteiger partial charge < -0.3 is 20.1 Å². The highest BCUT2D eigenvalue weighted by Crippen LogP contribution is 2.18. The van der Waals surface area contributed by atoms with Crippen LogP contribution in [0, 0.1) is 5.92 Å². The molecule has 0 radical (unpaired) electrons. The molecule has 1 unspecified atom stereocenters. The van der Waals surface area contributed by atoms with Gasteiger partial charge in [0.15, 0.2) is 0 Å². The molecule has 8 heteroatoms. The first-order chi connectivity index (χ1) is 14.1. The molecule has 8 nitrogen and oxygen atoms in total. The smallest absolute Gasteiger partial charge is 0.290 e. The summed E-state index contributed by atoms with van der Waals surface area (Å²) < 4.78 is 5.97. The van der Waals surface area contributed by atoms with E-state index in [1.807, 2.05) is 23.1 Å². The van der Waals surface area contributed by atoms with Crippen LogP contribution >= 0.6 is 0 Å². The summed E-state index contributed by atoms with van der Waals surface area (Å²) in [7, 11) is 0. The first kappa shape index (κ1) is 22.7. The fraction of sp³-hybridized carbons (Fsp3) is 0.571. The number of hydrogen-bond donors (Lipinski definition) is 2. The zero-order valence-electron chi connectivity index (χ0n) is 17.0. The van der Waals surface area contributed by atoms with Crippen molar-refractivity contribution in [2.75, 3.05) is 45.9 Å². The van der Waals surface area contributed by atoms with Gasteiger partial charge in [0.2, 0.25) is 11.8 Å². The van der Waals surface area contributed by atoms with Crippen LogP contribution in [-0.4, -0.2) is 79.1 Å². The molecule has 1 aromatic carbocycles. The van der Waals surface area contributed by atoms with Gasteiger partial charge in [-0.2, -0.15) is 0 Å². The van der Waals surface area contributed by atoms with E-state index < -0.39 is 0 Å². The van der Waals surface area contributed by atoms with Gasteiger partial charge in [-0.1, -0.05) is 25.1 Å².